The maximum Gasteiger partial charge on any atom is 0.293 e. The Kier molecular flexibility index (Phi) is 5.35. The van der Waals surface area contributed by atoms with Gasteiger partial charge in [-0.3, -0.25) is 19.5 Å². The van der Waals surface area contributed by atoms with Gasteiger partial charge in [-0.15, -0.1) is 0 Å². The van der Waals surface area contributed by atoms with Gasteiger partial charge in [-0.05, 0) is 42.1 Å². The molecular formula is C18H16N2O4S. The molecule has 2 aromatic rings. The summed E-state index contributed by atoms with van der Waals surface area (Å²) in [6, 6.07) is 12.6. The van der Waals surface area contributed by atoms with Gasteiger partial charge in [0.25, 0.3) is 11.1 Å². The zero-order valence-corrected chi connectivity index (χ0v) is 14.4. The highest BCUT2D eigenvalue weighted by molar-refractivity contribution is 8.18. The van der Waals surface area contributed by atoms with Crippen LogP contribution in [0.4, 0.5) is 4.79 Å². The van der Waals surface area contributed by atoms with Crippen LogP contribution in [0.25, 0.3) is 6.08 Å². The van der Waals surface area contributed by atoms with E-state index >= 15 is 0 Å². The van der Waals surface area contributed by atoms with Crippen molar-refractivity contribution in [3.05, 3.63) is 59.3 Å². The normalized spacial score (nSPS) is 15.7. The standard InChI is InChI=1S/C18H16N2O4S/c1-23-14-7-2-3-8-15(14)24-11-10-20-17(21)16(25-18(20)22)12-13-6-4-5-9-19-13/h2-9,12H,10-11H2,1H3/b16-12-. The average Bonchev–Trinajstić information content (AvgIpc) is 2.90. The highest BCUT2D eigenvalue weighted by Gasteiger charge is 2.34. The Bertz CT molecular complexity index is 808. The largest absolute Gasteiger partial charge is 0.493 e. The third-order valence-corrected chi connectivity index (χ3v) is 4.39. The zero-order valence-electron chi connectivity index (χ0n) is 13.5. The van der Waals surface area contributed by atoms with Gasteiger partial charge in [0, 0.05) is 6.20 Å². The maximum absolute atomic E-state index is 12.4. The molecule has 1 aliphatic rings. The number of rotatable bonds is 6. The Morgan fingerprint density at radius 3 is 2.60 bits per heavy atom. The van der Waals surface area contributed by atoms with E-state index < -0.39 is 0 Å². The van der Waals surface area contributed by atoms with Gasteiger partial charge in [0.1, 0.15) is 6.61 Å². The molecule has 0 N–H and O–H groups in total. The molecule has 25 heavy (non-hydrogen) atoms. The van der Waals surface area contributed by atoms with Crippen LogP contribution in [-0.4, -0.2) is 41.3 Å². The van der Waals surface area contributed by atoms with E-state index in [0.29, 0.717) is 22.1 Å². The first-order valence-electron chi connectivity index (χ1n) is 7.61. The van der Waals surface area contributed by atoms with Crippen LogP contribution in [0.15, 0.2) is 53.6 Å². The SMILES string of the molecule is COc1ccccc1OCCN1C(=O)S/C(=C\c2ccccn2)C1=O. The van der Waals surface area contributed by atoms with E-state index in [1.807, 2.05) is 18.2 Å². The van der Waals surface area contributed by atoms with Gasteiger partial charge >= 0.3 is 0 Å². The number of carbonyl (C=O) groups is 2. The Balaban J connectivity index is 1.62. The fourth-order valence-corrected chi connectivity index (χ4v) is 3.12. The fourth-order valence-electron chi connectivity index (χ4n) is 2.27. The van der Waals surface area contributed by atoms with Crippen molar-refractivity contribution >= 4 is 29.0 Å². The Hall–Kier alpha value is -2.80. The van der Waals surface area contributed by atoms with E-state index in [4.69, 9.17) is 9.47 Å². The lowest BCUT2D eigenvalue weighted by atomic mass is 10.3. The summed E-state index contributed by atoms with van der Waals surface area (Å²) in [5.41, 5.74) is 0.637. The molecule has 0 spiro atoms. The topological polar surface area (TPSA) is 68.7 Å². The summed E-state index contributed by atoms with van der Waals surface area (Å²) < 4.78 is 10.8. The van der Waals surface area contributed by atoms with Gasteiger partial charge in [0.15, 0.2) is 11.5 Å². The van der Waals surface area contributed by atoms with Gasteiger partial charge in [-0.1, -0.05) is 18.2 Å². The number of hydrogen-bond acceptors (Lipinski definition) is 6. The Morgan fingerprint density at radius 2 is 1.88 bits per heavy atom. The first kappa shape index (κ1) is 17.0. The van der Waals surface area contributed by atoms with Gasteiger partial charge in [-0.25, -0.2) is 0 Å². The molecule has 7 heteroatoms. The number of ether oxygens (including phenoxy) is 2. The first-order valence-corrected chi connectivity index (χ1v) is 8.43. The van der Waals surface area contributed by atoms with Crippen LogP contribution in [0.1, 0.15) is 5.69 Å². The van der Waals surface area contributed by atoms with Crippen LogP contribution >= 0.6 is 11.8 Å². The highest BCUT2D eigenvalue weighted by atomic mass is 32.2. The minimum absolute atomic E-state index is 0.169. The van der Waals surface area contributed by atoms with Crippen molar-refractivity contribution in [3.63, 3.8) is 0 Å². The van der Waals surface area contributed by atoms with Gasteiger partial charge < -0.3 is 9.47 Å². The predicted octanol–water partition coefficient (Wildman–Crippen LogP) is 3.21. The molecule has 0 radical (unpaired) electrons. The third-order valence-electron chi connectivity index (χ3n) is 3.48. The van der Waals surface area contributed by atoms with E-state index in [9.17, 15) is 9.59 Å². The Morgan fingerprint density at radius 1 is 1.12 bits per heavy atom. The smallest absolute Gasteiger partial charge is 0.293 e. The van der Waals surface area contributed by atoms with E-state index in [1.54, 1.807) is 43.6 Å². The summed E-state index contributed by atoms with van der Waals surface area (Å²) in [7, 11) is 1.56. The number of hydrogen-bond donors (Lipinski definition) is 0. The number of carbonyl (C=O) groups excluding carboxylic acids is 2. The van der Waals surface area contributed by atoms with Crippen molar-refractivity contribution in [3.8, 4) is 11.5 Å². The summed E-state index contributed by atoms with van der Waals surface area (Å²) in [5.74, 6) is 0.844. The first-order chi connectivity index (χ1) is 12.2. The molecule has 3 rings (SSSR count). The lowest BCUT2D eigenvalue weighted by Crippen LogP contribution is -2.32. The summed E-state index contributed by atoms with van der Waals surface area (Å²) in [6.45, 7) is 0.359. The highest BCUT2D eigenvalue weighted by Crippen LogP contribution is 2.32. The molecule has 0 unspecified atom stereocenters. The number of para-hydroxylation sites is 2. The number of nitrogens with zero attached hydrogens (tertiary/aromatic N) is 2. The predicted molar refractivity (Wildman–Crippen MR) is 95.4 cm³/mol. The molecule has 0 atom stereocenters. The number of aromatic nitrogens is 1. The van der Waals surface area contributed by atoms with E-state index in [2.05, 4.69) is 4.98 Å². The molecular weight excluding hydrogens is 340 g/mol. The molecule has 0 aliphatic carbocycles. The van der Waals surface area contributed by atoms with Crippen LogP contribution in [0.2, 0.25) is 0 Å². The van der Waals surface area contributed by atoms with Crippen molar-refractivity contribution in [2.24, 2.45) is 0 Å². The maximum atomic E-state index is 12.4. The van der Waals surface area contributed by atoms with E-state index in [0.717, 1.165) is 11.8 Å². The van der Waals surface area contributed by atoms with Gasteiger partial charge in [0.05, 0.1) is 24.3 Å². The lowest BCUT2D eigenvalue weighted by molar-refractivity contribution is -0.123. The molecule has 2 amide bonds. The monoisotopic (exact) mass is 356 g/mol. The number of pyridine rings is 1. The van der Waals surface area contributed by atoms with Crippen molar-refractivity contribution in [1.82, 2.24) is 9.88 Å². The average molecular weight is 356 g/mol. The number of imide groups is 1. The molecule has 1 aromatic heterocycles. The van der Waals surface area contributed by atoms with Crippen molar-refractivity contribution in [2.75, 3.05) is 20.3 Å². The number of amides is 2. The van der Waals surface area contributed by atoms with E-state index in [1.165, 1.54) is 4.90 Å². The molecule has 128 valence electrons. The van der Waals surface area contributed by atoms with E-state index in [-0.39, 0.29) is 24.3 Å². The second-order valence-electron chi connectivity index (χ2n) is 5.09. The molecule has 0 saturated carbocycles. The van der Waals surface area contributed by atoms with Crippen LogP contribution < -0.4 is 9.47 Å². The summed E-state index contributed by atoms with van der Waals surface area (Å²) in [5, 5.41) is -0.309. The molecule has 1 fully saturated rings. The Labute approximate surface area is 149 Å². The molecule has 0 bridgehead atoms. The molecule has 2 heterocycles. The van der Waals surface area contributed by atoms with Crippen LogP contribution in [0.3, 0.4) is 0 Å². The number of methoxy groups -OCH3 is 1. The zero-order chi connectivity index (χ0) is 17.6. The fraction of sp³-hybridized carbons (Fsp3) is 0.167. The quantitative estimate of drug-likeness (QED) is 0.741. The van der Waals surface area contributed by atoms with Crippen LogP contribution in [-0.2, 0) is 4.79 Å². The van der Waals surface area contributed by atoms with Crippen molar-refractivity contribution < 1.29 is 19.1 Å². The van der Waals surface area contributed by atoms with Gasteiger partial charge in [0.2, 0.25) is 0 Å². The summed E-state index contributed by atoms with van der Waals surface area (Å²) in [6.07, 6.45) is 3.25. The second-order valence-corrected chi connectivity index (χ2v) is 6.08. The van der Waals surface area contributed by atoms with Crippen molar-refractivity contribution in [1.29, 1.82) is 0 Å². The molecule has 6 nitrogen and oxygen atoms in total. The molecule has 1 saturated heterocycles. The number of thioether (sulfide) groups is 1. The summed E-state index contributed by atoms with van der Waals surface area (Å²) >= 11 is 0.909. The lowest BCUT2D eigenvalue weighted by Gasteiger charge is -2.14. The molecule has 1 aliphatic heterocycles. The van der Waals surface area contributed by atoms with Crippen LogP contribution in [0, 0.1) is 0 Å². The minimum Gasteiger partial charge on any atom is -0.493 e. The van der Waals surface area contributed by atoms with Gasteiger partial charge in [-0.2, -0.15) is 0 Å². The van der Waals surface area contributed by atoms with Crippen molar-refractivity contribution in [2.45, 2.75) is 0 Å². The minimum atomic E-state index is -0.329. The summed E-state index contributed by atoms with van der Waals surface area (Å²) in [4.78, 5) is 30.1. The second kappa shape index (κ2) is 7.85. The number of benzene rings is 1. The third kappa shape index (κ3) is 4.00. The van der Waals surface area contributed by atoms with Crippen LogP contribution in [0.5, 0.6) is 11.5 Å². The molecule has 1 aromatic carbocycles.